The Morgan fingerprint density at radius 1 is 1.40 bits per heavy atom. The Balaban J connectivity index is 1.78. The number of likely N-dealkylation sites (tertiary alicyclic amines) is 1. The van der Waals surface area contributed by atoms with E-state index in [9.17, 15) is 14.0 Å². The summed E-state index contributed by atoms with van der Waals surface area (Å²) in [4.78, 5) is 29.9. The van der Waals surface area contributed by atoms with Gasteiger partial charge in [0.1, 0.15) is 18.2 Å². The molecule has 132 valence electrons. The van der Waals surface area contributed by atoms with Crippen LogP contribution in [0.2, 0.25) is 5.02 Å². The van der Waals surface area contributed by atoms with Crippen molar-refractivity contribution in [2.24, 2.45) is 5.73 Å². The van der Waals surface area contributed by atoms with Crippen molar-refractivity contribution in [1.82, 2.24) is 14.5 Å². The minimum atomic E-state index is -0.480. The van der Waals surface area contributed by atoms with Gasteiger partial charge in [0.15, 0.2) is 0 Å². The first-order chi connectivity index (χ1) is 12.0. The average molecular weight is 365 g/mol. The molecule has 1 aliphatic rings. The van der Waals surface area contributed by atoms with E-state index in [1.807, 2.05) is 0 Å². The molecule has 25 heavy (non-hydrogen) atoms. The largest absolute Gasteiger partial charge is 0.368 e. The fourth-order valence-corrected chi connectivity index (χ4v) is 3.44. The number of piperidine rings is 1. The molecule has 0 bridgehead atoms. The molecule has 0 radical (unpaired) electrons. The van der Waals surface area contributed by atoms with Gasteiger partial charge in [-0.25, -0.2) is 9.37 Å². The summed E-state index contributed by atoms with van der Waals surface area (Å²) in [6, 6.07) is 3.76. The third kappa shape index (κ3) is 3.82. The molecule has 6 nitrogen and oxygen atoms in total. The van der Waals surface area contributed by atoms with Crippen LogP contribution in [0.15, 0.2) is 30.6 Å². The fraction of sp³-hybridized carbons (Fsp3) is 0.353. The van der Waals surface area contributed by atoms with Gasteiger partial charge >= 0.3 is 0 Å². The minimum absolute atomic E-state index is 0.00581. The predicted molar refractivity (Wildman–Crippen MR) is 90.7 cm³/mol. The van der Waals surface area contributed by atoms with Gasteiger partial charge in [0.2, 0.25) is 5.91 Å². The second kappa shape index (κ2) is 7.23. The second-order valence-electron chi connectivity index (χ2n) is 6.09. The third-order valence-corrected chi connectivity index (χ3v) is 4.62. The SMILES string of the molecule is NC(=O)Cn1ccnc1C1CCCN(C(=O)c2ccc(F)cc2Cl)C1. The summed E-state index contributed by atoms with van der Waals surface area (Å²) in [5, 5.41) is 0.0994. The van der Waals surface area contributed by atoms with Crippen molar-refractivity contribution >= 4 is 23.4 Å². The average Bonchev–Trinajstić information content (AvgIpc) is 3.02. The molecule has 2 aromatic rings. The van der Waals surface area contributed by atoms with Crippen LogP contribution in [-0.4, -0.2) is 39.4 Å². The van der Waals surface area contributed by atoms with E-state index in [0.29, 0.717) is 13.1 Å². The summed E-state index contributed by atoms with van der Waals surface area (Å²) in [6.45, 7) is 1.12. The van der Waals surface area contributed by atoms with Crippen LogP contribution >= 0.6 is 11.6 Å². The minimum Gasteiger partial charge on any atom is -0.368 e. The number of carbonyl (C=O) groups excluding carboxylic acids is 2. The topological polar surface area (TPSA) is 81.2 Å². The Bertz CT molecular complexity index is 808. The molecule has 3 rings (SSSR count). The fourth-order valence-electron chi connectivity index (χ4n) is 3.19. The number of halogens is 2. The van der Waals surface area contributed by atoms with Gasteiger partial charge in [-0.3, -0.25) is 9.59 Å². The summed E-state index contributed by atoms with van der Waals surface area (Å²) in [7, 11) is 0. The molecule has 8 heteroatoms. The number of carbonyl (C=O) groups is 2. The van der Waals surface area contributed by atoms with Crippen molar-refractivity contribution in [3.05, 3.63) is 52.8 Å². The summed E-state index contributed by atoms with van der Waals surface area (Å²) in [5.74, 6) is -0.414. The van der Waals surface area contributed by atoms with Crippen molar-refractivity contribution in [2.45, 2.75) is 25.3 Å². The second-order valence-corrected chi connectivity index (χ2v) is 6.50. The number of hydrogen-bond donors (Lipinski definition) is 1. The summed E-state index contributed by atoms with van der Waals surface area (Å²) < 4.78 is 14.9. The van der Waals surface area contributed by atoms with Gasteiger partial charge in [0.25, 0.3) is 5.91 Å². The Kier molecular flexibility index (Phi) is 5.03. The normalized spacial score (nSPS) is 17.5. The van der Waals surface area contributed by atoms with Crippen LogP contribution in [0.3, 0.4) is 0 Å². The molecule has 2 heterocycles. The van der Waals surface area contributed by atoms with E-state index in [-0.39, 0.29) is 29.0 Å². The Hall–Kier alpha value is -2.41. The molecular formula is C17H18ClFN4O2. The van der Waals surface area contributed by atoms with Crippen LogP contribution in [0.25, 0.3) is 0 Å². The highest BCUT2D eigenvalue weighted by Gasteiger charge is 2.29. The van der Waals surface area contributed by atoms with Gasteiger partial charge < -0.3 is 15.2 Å². The zero-order valence-electron chi connectivity index (χ0n) is 13.5. The molecular weight excluding hydrogens is 347 g/mol. The molecule has 0 saturated carbocycles. The van der Waals surface area contributed by atoms with E-state index in [4.69, 9.17) is 17.3 Å². The first-order valence-corrected chi connectivity index (χ1v) is 8.37. The van der Waals surface area contributed by atoms with Crippen molar-refractivity contribution in [1.29, 1.82) is 0 Å². The van der Waals surface area contributed by atoms with Crippen molar-refractivity contribution in [2.75, 3.05) is 13.1 Å². The maximum absolute atomic E-state index is 13.2. The summed E-state index contributed by atoms with van der Waals surface area (Å²) in [5.41, 5.74) is 5.55. The Morgan fingerprint density at radius 3 is 2.92 bits per heavy atom. The highest BCUT2D eigenvalue weighted by atomic mass is 35.5. The number of nitrogens with two attached hydrogens (primary N) is 1. The summed E-state index contributed by atoms with van der Waals surface area (Å²) >= 11 is 6.01. The number of aromatic nitrogens is 2. The van der Waals surface area contributed by atoms with Crippen LogP contribution in [0.4, 0.5) is 4.39 Å². The van der Waals surface area contributed by atoms with Crippen molar-refractivity contribution in [3.63, 3.8) is 0 Å². The van der Waals surface area contributed by atoms with Crippen molar-refractivity contribution < 1.29 is 14.0 Å². The third-order valence-electron chi connectivity index (χ3n) is 4.31. The number of hydrogen-bond acceptors (Lipinski definition) is 3. The van der Waals surface area contributed by atoms with E-state index in [0.717, 1.165) is 24.7 Å². The Morgan fingerprint density at radius 2 is 2.20 bits per heavy atom. The number of benzene rings is 1. The number of rotatable bonds is 4. The van der Waals surface area contributed by atoms with Gasteiger partial charge in [-0.1, -0.05) is 11.6 Å². The van der Waals surface area contributed by atoms with Gasteiger partial charge in [-0.2, -0.15) is 0 Å². The lowest BCUT2D eigenvalue weighted by Crippen LogP contribution is -2.40. The number of primary amides is 1. The highest BCUT2D eigenvalue weighted by molar-refractivity contribution is 6.33. The van der Waals surface area contributed by atoms with E-state index in [2.05, 4.69) is 4.98 Å². The van der Waals surface area contributed by atoms with E-state index in [1.54, 1.807) is 21.9 Å². The van der Waals surface area contributed by atoms with Crippen LogP contribution in [-0.2, 0) is 11.3 Å². The van der Waals surface area contributed by atoms with Gasteiger partial charge in [0, 0.05) is 31.4 Å². The molecule has 1 aromatic carbocycles. The lowest BCUT2D eigenvalue weighted by molar-refractivity contribution is -0.118. The molecule has 0 spiro atoms. The van der Waals surface area contributed by atoms with E-state index >= 15 is 0 Å². The molecule has 1 atom stereocenters. The zero-order valence-corrected chi connectivity index (χ0v) is 14.2. The van der Waals surface area contributed by atoms with Gasteiger partial charge in [-0.15, -0.1) is 0 Å². The zero-order chi connectivity index (χ0) is 18.0. The maximum Gasteiger partial charge on any atom is 0.255 e. The van der Waals surface area contributed by atoms with E-state index < -0.39 is 11.7 Å². The van der Waals surface area contributed by atoms with E-state index in [1.165, 1.54) is 12.1 Å². The summed E-state index contributed by atoms with van der Waals surface area (Å²) in [6.07, 6.45) is 4.99. The van der Waals surface area contributed by atoms with Crippen LogP contribution in [0.1, 0.15) is 34.9 Å². The molecule has 1 unspecified atom stereocenters. The molecule has 1 fully saturated rings. The maximum atomic E-state index is 13.2. The molecule has 0 aliphatic carbocycles. The Labute approximate surface area is 149 Å². The van der Waals surface area contributed by atoms with Crippen LogP contribution < -0.4 is 5.73 Å². The first-order valence-electron chi connectivity index (χ1n) is 7.99. The smallest absolute Gasteiger partial charge is 0.255 e. The first kappa shape index (κ1) is 17.4. The predicted octanol–water partition coefficient (Wildman–Crippen LogP) is 2.18. The van der Waals surface area contributed by atoms with Crippen molar-refractivity contribution in [3.8, 4) is 0 Å². The van der Waals surface area contributed by atoms with Gasteiger partial charge in [-0.05, 0) is 31.0 Å². The molecule has 2 N–H and O–H groups in total. The molecule has 1 saturated heterocycles. The van der Waals surface area contributed by atoms with Gasteiger partial charge in [0.05, 0.1) is 10.6 Å². The van der Waals surface area contributed by atoms with Crippen LogP contribution in [0.5, 0.6) is 0 Å². The number of nitrogens with zero attached hydrogens (tertiary/aromatic N) is 3. The lowest BCUT2D eigenvalue weighted by atomic mass is 9.96. The molecule has 1 aromatic heterocycles. The molecule has 1 aliphatic heterocycles. The highest BCUT2D eigenvalue weighted by Crippen LogP contribution is 2.28. The quantitative estimate of drug-likeness (QED) is 0.902. The lowest BCUT2D eigenvalue weighted by Gasteiger charge is -2.33. The van der Waals surface area contributed by atoms with Crippen LogP contribution in [0, 0.1) is 5.82 Å². The number of imidazole rings is 1. The number of amides is 2. The molecule has 2 amide bonds. The standard InChI is InChI=1S/C17H18ClFN4O2/c18-14-8-12(19)3-4-13(14)17(25)23-6-1-2-11(9-23)16-21-5-7-22(16)10-15(20)24/h3-5,7-8,11H,1-2,6,9-10H2,(H2,20,24). The monoisotopic (exact) mass is 364 g/mol.